The molecule has 30 heavy (non-hydrogen) atoms. The lowest BCUT2D eigenvalue weighted by atomic mass is 9.85. The van der Waals surface area contributed by atoms with Gasteiger partial charge in [-0.05, 0) is 57.0 Å². The van der Waals surface area contributed by atoms with E-state index in [1.54, 1.807) is 36.4 Å². The monoisotopic (exact) mass is 427 g/mol. The first-order chi connectivity index (χ1) is 14.2. The molecule has 0 aliphatic carbocycles. The van der Waals surface area contributed by atoms with Crippen LogP contribution < -0.4 is 15.4 Å². The average Bonchev–Trinajstić information content (AvgIpc) is 2.68. The fourth-order valence-corrected chi connectivity index (χ4v) is 3.83. The van der Waals surface area contributed by atoms with Gasteiger partial charge in [-0.1, -0.05) is 23.7 Å². The van der Waals surface area contributed by atoms with Crippen molar-refractivity contribution in [3.05, 3.63) is 58.6 Å². The molecule has 0 aromatic heterocycles. The second-order valence-electron chi connectivity index (χ2n) is 7.88. The van der Waals surface area contributed by atoms with Crippen LogP contribution in [0.4, 0.5) is 0 Å². The molecule has 1 saturated heterocycles. The van der Waals surface area contributed by atoms with Gasteiger partial charge in [0.25, 0.3) is 5.91 Å². The summed E-state index contributed by atoms with van der Waals surface area (Å²) >= 11 is 6.30. The number of para-hydroxylation sites is 1. The summed E-state index contributed by atoms with van der Waals surface area (Å²) in [5.74, 6) is -0.586. The summed E-state index contributed by atoms with van der Waals surface area (Å²) in [7, 11) is 0. The van der Waals surface area contributed by atoms with Gasteiger partial charge in [-0.15, -0.1) is 0 Å². The summed E-state index contributed by atoms with van der Waals surface area (Å²) in [6.07, 6.45) is 0.896. The number of rotatable bonds is 5. The highest BCUT2D eigenvalue weighted by molar-refractivity contribution is 6.32. The number of carbonyl (C=O) groups is 2. The van der Waals surface area contributed by atoms with E-state index in [-0.39, 0.29) is 17.0 Å². The maximum Gasteiger partial charge on any atom is 0.320 e. The van der Waals surface area contributed by atoms with Gasteiger partial charge >= 0.3 is 5.97 Å². The van der Waals surface area contributed by atoms with Crippen molar-refractivity contribution >= 4 is 23.5 Å². The zero-order valence-electron chi connectivity index (χ0n) is 16.6. The van der Waals surface area contributed by atoms with Crippen molar-refractivity contribution in [1.29, 1.82) is 5.26 Å². The van der Waals surface area contributed by atoms with E-state index < -0.39 is 17.6 Å². The molecule has 1 aliphatic rings. The molecular formula is C22H22ClN3O4. The maximum atomic E-state index is 12.7. The minimum Gasteiger partial charge on any atom is -0.480 e. The molecule has 8 heteroatoms. The summed E-state index contributed by atoms with van der Waals surface area (Å²) in [6, 6.07) is 12.4. The number of hydrogen-bond acceptors (Lipinski definition) is 5. The SMILES string of the molecule is CC1(C)CC(NC(=O)c2ccc(Oc3ccccc3C#N)c(Cl)c2)CC(C(=O)O)N1. The third-order valence-corrected chi connectivity index (χ3v) is 5.19. The summed E-state index contributed by atoms with van der Waals surface area (Å²) < 4.78 is 5.72. The molecule has 1 heterocycles. The van der Waals surface area contributed by atoms with Gasteiger partial charge in [0.2, 0.25) is 0 Å². The molecule has 156 valence electrons. The van der Waals surface area contributed by atoms with E-state index in [0.717, 1.165) is 0 Å². The number of carbonyl (C=O) groups excluding carboxylic acids is 1. The predicted octanol–water partition coefficient (Wildman–Crippen LogP) is 3.72. The van der Waals surface area contributed by atoms with Crippen LogP contribution in [-0.4, -0.2) is 34.6 Å². The van der Waals surface area contributed by atoms with Crippen LogP contribution in [0.5, 0.6) is 11.5 Å². The quantitative estimate of drug-likeness (QED) is 0.670. The van der Waals surface area contributed by atoms with Crippen molar-refractivity contribution in [2.75, 3.05) is 0 Å². The molecular weight excluding hydrogens is 406 g/mol. The molecule has 2 aromatic carbocycles. The first-order valence-electron chi connectivity index (χ1n) is 9.46. The third kappa shape index (κ3) is 5.09. The van der Waals surface area contributed by atoms with Gasteiger partial charge in [0.15, 0.2) is 0 Å². The van der Waals surface area contributed by atoms with Crippen molar-refractivity contribution in [3.8, 4) is 17.6 Å². The molecule has 3 rings (SSSR count). The fraction of sp³-hybridized carbons (Fsp3) is 0.318. The minimum atomic E-state index is -0.941. The van der Waals surface area contributed by atoms with Gasteiger partial charge < -0.3 is 15.2 Å². The number of nitriles is 1. The van der Waals surface area contributed by atoms with E-state index in [0.29, 0.717) is 35.5 Å². The lowest BCUT2D eigenvalue weighted by Gasteiger charge is -2.40. The second-order valence-corrected chi connectivity index (χ2v) is 8.29. The van der Waals surface area contributed by atoms with Crippen LogP contribution in [0, 0.1) is 11.3 Å². The number of benzene rings is 2. The van der Waals surface area contributed by atoms with E-state index in [4.69, 9.17) is 16.3 Å². The Labute approximate surface area is 179 Å². The number of nitrogens with one attached hydrogen (secondary N) is 2. The Bertz CT molecular complexity index is 1020. The summed E-state index contributed by atoms with van der Waals surface area (Å²) in [4.78, 5) is 24.1. The van der Waals surface area contributed by atoms with Gasteiger partial charge in [0.1, 0.15) is 23.6 Å². The lowest BCUT2D eigenvalue weighted by molar-refractivity contribution is -0.141. The Balaban J connectivity index is 1.72. The lowest BCUT2D eigenvalue weighted by Crippen LogP contribution is -2.59. The molecule has 2 unspecified atom stereocenters. The summed E-state index contributed by atoms with van der Waals surface area (Å²) in [6.45, 7) is 3.81. The van der Waals surface area contributed by atoms with Gasteiger partial charge in [-0.25, -0.2) is 0 Å². The van der Waals surface area contributed by atoms with E-state index in [1.807, 2.05) is 19.9 Å². The zero-order chi connectivity index (χ0) is 21.9. The summed E-state index contributed by atoms with van der Waals surface area (Å²) in [5.41, 5.74) is 0.295. The molecule has 7 nitrogen and oxygen atoms in total. The topological polar surface area (TPSA) is 111 Å². The van der Waals surface area contributed by atoms with Crippen molar-refractivity contribution in [2.45, 2.75) is 44.3 Å². The van der Waals surface area contributed by atoms with Crippen LogP contribution in [0.3, 0.4) is 0 Å². The second kappa shape index (κ2) is 8.74. The molecule has 0 saturated carbocycles. The molecule has 3 N–H and O–H groups in total. The zero-order valence-corrected chi connectivity index (χ0v) is 17.4. The standard InChI is InChI=1S/C22H22ClN3O4/c1-22(2)11-15(10-17(26-22)21(28)29)25-20(27)13-7-8-19(16(23)9-13)30-18-6-4-3-5-14(18)12-24/h3-9,15,17,26H,10-11H2,1-2H3,(H,25,27)(H,28,29). The first-order valence-corrected chi connectivity index (χ1v) is 9.84. The number of halogens is 1. The molecule has 2 atom stereocenters. The number of amides is 1. The molecule has 1 fully saturated rings. The van der Waals surface area contributed by atoms with Gasteiger partial charge in [0, 0.05) is 17.1 Å². The van der Waals surface area contributed by atoms with E-state index >= 15 is 0 Å². The van der Waals surface area contributed by atoms with Crippen molar-refractivity contribution in [1.82, 2.24) is 10.6 Å². The van der Waals surface area contributed by atoms with Gasteiger partial charge in [-0.2, -0.15) is 5.26 Å². The normalized spacial score (nSPS) is 20.1. The van der Waals surface area contributed by atoms with E-state index in [1.165, 1.54) is 6.07 Å². The number of piperidine rings is 1. The highest BCUT2D eigenvalue weighted by atomic mass is 35.5. The molecule has 1 aliphatic heterocycles. The highest BCUT2D eigenvalue weighted by Gasteiger charge is 2.37. The maximum absolute atomic E-state index is 12.7. The fourth-order valence-electron chi connectivity index (χ4n) is 3.61. The molecule has 0 bridgehead atoms. The number of carboxylic acid groups (broad SMARTS) is 1. The third-order valence-electron chi connectivity index (χ3n) is 4.90. The number of nitrogens with zero attached hydrogens (tertiary/aromatic N) is 1. The molecule has 0 spiro atoms. The van der Waals surface area contributed by atoms with Crippen LogP contribution in [0.2, 0.25) is 5.02 Å². The van der Waals surface area contributed by atoms with Crippen molar-refractivity contribution < 1.29 is 19.4 Å². The molecule has 1 amide bonds. The van der Waals surface area contributed by atoms with Crippen LogP contribution in [0.1, 0.15) is 42.6 Å². The Morgan fingerprint density at radius 3 is 2.67 bits per heavy atom. The Morgan fingerprint density at radius 2 is 2.00 bits per heavy atom. The van der Waals surface area contributed by atoms with Crippen LogP contribution in [-0.2, 0) is 4.79 Å². The highest BCUT2D eigenvalue weighted by Crippen LogP contribution is 2.32. The van der Waals surface area contributed by atoms with E-state index in [2.05, 4.69) is 10.6 Å². The van der Waals surface area contributed by atoms with Gasteiger partial charge in [-0.3, -0.25) is 14.9 Å². The number of hydrogen-bond donors (Lipinski definition) is 3. The largest absolute Gasteiger partial charge is 0.480 e. The van der Waals surface area contributed by atoms with Crippen LogP contribution in [0.25, 0.3) is 0 Å². The van der Waals surface area contributed by atoms with Crippen molar-refractivity contribution in [2.24, 2.45) is 0 Å². The molecule has 2 aromatic rings. The number of aliphatic carboxylic acids is 1. The average molecular weight is 428 g/mol. The number of carboxylic acids is 1. The minimum absolute atomic E-state index is 0.226. The van der Waals surface area contributed by atoms with E-state index in [9.17, 15) is 20.0 Å². The molecule has 0 radical (unpaired) electrons. The first kappa shape index (κ1) is 21.6. The Morgan fingerprint density at radius 1 is 1.27 bits per heavy atom. The van der Waals surface area contributed by atoms with Crippen molar-refractivity contribution in [3.63, 3.8) is 0 Å². The predicted molar refractivity (Wildman–Crippen MR) is 112 cm³/mol. The van der Waals surface area contributed by atoms with Crippen LogP contribution >= 0.6 is 11.6 Å². The Kier molecular flexibility index (Phi) is 6.30. The van der Waals surface area contributed by atoms with Crippen LogP contribution in [0.15, 0.2) is 42.5 Å². The van der Waals surface area contributed by atoms with Gasteiger partial charge in [0.05, 0.1) is 10.6 Å². The smallest absolute Gasteiger partial charge is 0.320 e. The number of ether oxygens (including phenoxy) is 1. The summed E-state index contributed by atoms with van der Waals surface area (Å²) in [5, 5.41) is 24.7. The Hall–Kier alpha value is -3.08.